The number of fused-ring (bicyclic) bond motifs is 5. The highest BCUT2D eigenvalue weighted by atomic mass is 32.3. The van der Waals surface area contributed by atoms with E-state index in [9.17, 15) is 43.6 Å². The standard InChI is InChI=1S/C27H48O10S/c1-14(13-28)6-5-7-15(2)19-20(30)21(31)23-26(19,4)11-9-18-25(3)10-8-16(29)12-17(25)22(37-38(34,35)36)24(32)27(18,23)33/h14-24,28-33H,5-13H2,1-4H3,(H,34,35,36)/t14?,15-,16+,17-,18-,19+,20-,21+,22-,23-,24-,25+,26-,27+/m1/s1. The molecular weight excluding hydrogens is 516 g/mol. The van der Waals surface area contributed by atoms with Crippen molar-refractivity contribution in [1.29, 1.82) is 0 Å². The average molecular weight is 565 g/mol. The van der Waals surface area contributed by atoms with Gasteiger partial charge in [-0.25, -0.2) is 4.18 Å². The van der Waals surface area contributed by atoms with Gasteiger partial charge in [0.2, 0.25) is 0 Å². The van der Waals surface area contributed by atoms with Crippen molar-refractivity contribution in [3.8, 4) is 0 Å². The summed E-state index contributed by atoms with van der Waals surface area (Å²) < 4.78 is 38.3. The maximum absolute atomic E-state index is 12.5. The zero-order chi connectivity index (χ0) is 28.4. The van der Waals surface area contributed by atoms with Gasteiger partial charge in [-0.2, -0.15) is 8.42 Å². The minimum absolute atomic E-state index is 0.0144. The van der Waals surface area contributed by atoms with Crippen molar-refractivity contribution in [2.75, 3.05) is 6.61 Å². The molecule has 4 fully saturated rings. The quantitative estimate of drug-likeness (QED) is 0.212. The van der Waals surface area contributed by atoms with E-state index in [0.717, 1.165) is 19.3 Å². The lowest BCUT2D eigenvalue weighted by Crippen LogP contribution is -2.75. The SMILES string of the molecule is CC(CO)CCC[C@@H](C)[C@H]1[C@@H](O)[C@H](O)[C@@H]2[C@]1(C)CC[C@@H]1[C@@]3(C)CC[C@H](O)C[C@@H]3[C@@H](OS(=O)(=O)O)[C@@H](O)[C@]12O. The lowest BCUT2D eigenvalue weighted by atomic mass is 9.41. The number of aliphatic hydroxyl groups excluding tert-OH is 5. The first-order valence-electron chi connectivity index (χ1n) is 14.2. The van der Waals surface area contributed by atoms with Crippen LogP contribution in [-0.2, 0) is 14.6 Å². The normalized spacial score (nSPS) is 50.6. The molecule has 0 aromatic rings. The van der Waals surface area contributed by atoms with Crippen molar-refractivity contribution >= 4 is 10.4 Å². The third-order valence-corrected chi connectivity index (χ3v) is 11.9. The predicted molar refractivity (Wildman–Crippen MR) is 138 cm³/mol. The van der Waals surface area contributed by atoms with E-state index in [1.807, 2.05) is 27.7 Å². The Morgan fingerprint density at radius 3 is 2.21 bits per heavy atom. The van der Waals surface area contributed by atoms with E-state index in [2.05, 4.69) is 0 Å². The summed E-state index contributed by atoms with van der Waals surface area (Å²) in [7, 11) is -5.00. The Bertz CT molecular complexity index is 962. The monoisotopic (exact) mass is 564 g/mol. The molecule has 0 heterocycles. The first-order valence-corrected chi connectivity index (χ1v) is 15.6. The van der Waals surface area contributed by atoms with Gasteiger partial charge >= 0.3 is 10.4 Å². The van der Waals surface area contributed by atoms with Gasteiger partial charge in [0.25, 0.3) is 0 Å². The Kier molecular flexibility index (Phi) is 8.43. The van der Waals surface area contributed by atoms with Gasteiger partial charge in [-0.05, 0) is 78.9 Å². The van der Waals surface area contributed by atoms with Crippen molar-refractivity contribution < 1.29 is 47.8 Å². The topological polar surface area (TPSA) is 185 Å². The molecule has 0 spiro atoms. The molecule has 4 aliphatic carbocycles. The van der Waals surface area contributed by atoms with Crippen LogP contribution in [-0.4, -0.2) is 86.3 Å². The number of rotatable bonds is 8. The lowest BCUT2D eigenvalue weighted by Gasteiger charge is -2.67. The van der Waals surface area contributed by atoms with Crippen LogP contribution in [0.15, 0.2) is 0 Å². The molecule has 1 unspecified atom stereocenters. The van der Waals surface area contributed by atoms with E-state index in [0.29, 0.717) is 25.7 Å². The minimum atomic E-state index is -5.00. The van der Waals surface area contributed by atoms with Gasteiger partial charge in [-0.15, -0.1) is 0 Å². The van der Waals surface area contributed by atoms with E-state index < -0.39 is 75.1 Å². The van der Waals surface area contributed by atoms with Crippen LogP contribution < -0.4 is 0 Å². The van der Waals surface area contributed by atoms with Gasteiger partial charge in [0, 0.05) is 12.5 Å². The Hall–Kier alpha value is -0.370. The Labute approximate surface area is 226 Å². The van der Waals surface area contributed by atoms with E-state index in [1.165, 1.54) is 0 Å². The highest BCUT2D eigenvalue weighted by Gasteiger charge is 2.76. The lowest BCUT2D eigenvalue weighted by molar-refractivity contribution is -0.306. The second kappa shape index (κ2) is 10.5. The van der Waals surface area contributed by atoms with Crippen LogP contribution in [0, 0.1) is 46.3 Å². The molecule has 11 heteroatoms. The Balaban J connectivity index is 1.73. The Morgan fingerprint density at radius 2 is 1.61 bits per heavy atom. The van der Waals surface area contributed by atoms with Gasteiger partial charge in [0.05, 0.1) is 18.3 Å². The highest BCUT2D eigenvalue weighted by Crippen LogP contribution is 2.70. The zero-order valence-electron chi connectivity index (χ0n) is 23.0. The van der Waals surface area contributed by atoms with E-state index in [-0.39, 0.29) is 30.8 Å². The molecule has 14 atom stereocenters. The fourth-order valence-electron chi connectivity index (χ4n) is 9.75. The molecule has 0 aromatic carbocycles. The molecule has 0 bridgehead atoms. The van der Waals surface area contributed by atoms with Crippen molar-refractivity contribution in [1.82, 2.24) is 0 Å². The smallest absolute Gasteiger partial charge is 0.396 e. The van der Waals surface area contributed by atoms with E-state index >= 15 is 0 Å². The number of hydrogen-bond acceptors (Lipinski definition) is 9. The van der Waals surface area contributed by atoms with Crippen LogP contribution in [0.4, 0.5) is 0 Å². The van der Waals surface area contributed by atoms with Crippen LogP contribution in [0.5, 0.6) is 0 Å². The number of hydrogen-bond donors (Lipinski definition) is 7. The van der Waals surface area contributed by atoms with Gasteiger partial charge in [-0.1, -0.05) is 40.5 Å². The highest BCUT2D eigenvalue weighted by molar-refractivity contribution is 7.80. The summed E-state index contributed by atoms with van der Waals surface area (Å²) in [6, 6.07) is 0. The summed E-state index contributed by atoms with van der Waals surface area (Å²) in [6.45, 7) is 7.95. The molecule has 0 aromatic heterocycles. The molecule has 4 aliphatic rings. The van der Waals surface area contributed by atoms with Gasteiger partial charge in [0.1, 0.15) is 17.8 Å². The third kappa shape index (κ3) is 4.77. The molecule has 4 saturated carbocycles. The summed E-state index contributed by atoms with van der Waals surface area (Å²) in [5, 5.41) is 66.9. The second-order valence-electron chi connectivity index (χ2n) is 13.6. The van der Waals surface area contributed by atoms with Crippen molar-refractivity contribution in [2.24, 2.45) is 46.3 Å². The molecule has 0 saturated heterocycles. The maximum Gasteiger partial charge on any atom is 0.397 e. The maximum atomic E-state index is 12.5. The predicted octanol–water partition coefficient (Wildman–Crippen LogP) is 1.27. The molecule has 10 nitrogen and oxygen atoms in total. The van der Waals surface area contributed by atoms with Gasteiger partial charge in [0.15, 0.2) is 0 Å². The van der Waals surface area contributed by atoms with Crippen LogP contribution in [0.2, 0.25) is 0 Å². The number of aliphatic hydroxyl groups is 6. The summed E-state index contributed by atoms with van der Waals surface area (Å²) in [5.74, 6) is -2.36. The minimum Gasteiger partial charge on any atom is -0.396 e. The third-order valence-electron chi connectivity index (χ3n) is 11.4. The van der Waals surface area contributed by atoms with Crippen molar-refractivity contribution in [3.63, 3.8) is 0 Å². The fourth-order valence-corrected chi connectivity index (χ4v) is 10.3. The summed E-state index contributed by atoms with van der Waals surface area (Å²) in [5.41, 5.74) is -3.48. The average Bonchev–Trinajstić information content (AvgIpc) is 3.03. The molecule has 222 valence electrons. The van der Waals surface area contributed by atoms with Gasteiger partial charge < -0.3 is 30.6 Å². The first kappa shape index (κ1) is 30.6. The first-order chi connectivity index (χ1) is 17.5. The largest absolute Gasteiger partial charge is 0.397 e. The molecule has 7 N–H and O–H groups in total. The molecule has 0 amide bonds. The Morgan fingerprint density at radius 1 is 0.974 bits per heavy atom. The molecule has 4 rings (SSSR count). The van der Waals surface area contributed by atoms with Crippen LogP contribution in [0.1, 0.15) is 79.1 Å². The van der Waals surface area contributed by atoms with Crippen molar-refractivity contribution in [3.05, 3.63) is 0 Å². The molecule has 0 radical (unpaired) electrons. The van der Waals surface area contributed by atoms with Crippen LogP contribution in [0.3, 0.4) is 0 Å². The second-order valence-corrected chi connectivity index (χ2v) is 14.7. The van der Waals surface area contributed by atoms with Crippen molar-refractivity contribution in [2.45, 2.75) is 115 Å². The van der Waals surface area contributed by atoms with Crippen LogP contribution in [0.25, 0.3) is 0 Å². The van der Waals surface area contributed by atoms with E-state index in [1.54, 1.807) is 0 Å². The summed E-state index contributed by atoms with van der Waals surface area (Å²) >= 11 is 0. The summed E-state index contributed by atoms with van der Waals surface area (Å²) in [6.07, 6.45) is -1.96. The molecular formula is C27H48O10S. The van der Waals surface area contributed by atoms with E-state index in [4.69, 9.17) is 4.18 Å². The zero-order valence-corrected chi connectivity index (χ0v) is 23.8. The van der Waals surface area contributed by atoms with Gasteiger partial charge in [-0.3, -0.25) is 4.55 Å². The summed E-state index contributed by atoms with van der Waals surface area (Å²) in [4.78, 5) is 0. The fraction of sp³-hybridized carbons (Fsp3) is 1.00. The molecule has 38 heavy (non-hydrogen) atoms. The molecule has 0 aliphatic heterocycles. The van der Waals surface area contributed by atoms with Crippen LogP contribution >= 0.6 is 0 Å².